The highest BCUT2D eigenvalue weighted by Crippen LogP contribution is 2.32. The van der Waals surface area contributed by atoms with E-state index in [9.17, 15) is 19.3 Å². The number of carbonyl (C=O) groups excluding carboxylic acids is 1. The number of amides is 1. The lowest BCUT2D eigenvalue weighted by atomic mass is 10.1. The molecule has 2 N–H and O–H groups in total. The number of aromatic nitrogens is 1. The zero-order valence-electron chi connectivity index (χ0n) is 19.6. The van der Waals surface area contributed by atoms with Crippen molar-refractivity contribution in [2.45, 2.75) is 0 Å². The highest BCUT2D eigenvalue weighted by Gasteiger charge is 2.23. The summed E-state index contributed by atoms with van der Waals surface area (Å²) in [7, 11) is 0. The zero-order chi connectivity index (χ0) is 26.8. The molecule has 0 unspecified atom stereocenters. The second kappa shape index (κ2) is 10.7. The number of carbonyl (C=O) groups is 1. The number of hydrogen-bond acceptors (Lipinski definition) is 8. The van der Waals surface area contributed by atoms with Gasteiger partial charge in [0, 0.05) is 30.4 Å². The van der Waals surface area contributed by atoms with Gasteiger partial charge in [-0.1, -0.05) is 11.6 Å². The van der Waals surface area contributed by atoms with E-state index in [1.807, 2.05) is 4.90 Å². The fourth-order valence-corrected chi connectivity index (χ4v) is 4.46. The molecule has 0 spiro atoms. The molecular formula is C25H19ClFN5O5S. The number of fused-ring (bicyclic) bond motifs is 1. The first-order chi connectivity index (χ1) is 18.3. The molecule has 10 nitrogen and oxygen atoms in total. The van der Waals surface area contributed by atoms with Crippen LogP contribution >= 0.6 is 23.8 Å². The smallest absolute Gasteiger partial charge is 0.293 e. The van der Waals surface area contributed by atoms with Crippen molar-refractivity contribution in [2.24, 2.45) is 0 Å². The van der Waals surface area contributed by atoms with E-state index in [1.165, 1.54) is 30.3 Å². The van der Waals surface area contributed by atoms with Crippen LogP contribution < -0.4 is 15.5 Å². The van der Waals surface area contributed by atoms with Gasteiger partial charge in [-0.3, -0.25) is 20.2 Å². The van der Waals surface area contributed by atoms with E-state index >= 15 is 0 Å². The number of nitro groups is 1. The molecule has 4 aromatic rings. The van der Waals surface area contributed by atoms with Gasteiger partial charge in [-0.05, 0) is 60.7 Å². The highest BCUT2D eigenvalue weighted by molar-refractivity contribution is 7.80. The van der Waals surface area contributed by atoms with E-state index < -0.39 is 16.6 Å². The highest BCUT2D eigenvalue weighted by atomic mass is 35.5. The van der Waals surface area contributed by atoms with Crippen LogP contribution in [0.5, 0.6) is 0 Å². The van der Waals surface area contributed by atoms with Gasteiger partial charge in [-0.2, -0.15) is 0 Å². The van der Waals surface area contributed by atoms with Crippen LogP contribution in [0.3, 0.4) is 0 Å². The van der Waals surface area contributed by atoms with Crippen molar-refractivity contribution >= 4 is 63.0 Å². The van der Waals surface area contributed by atoms with Crippen molar-refractivity contribution in [3.63, 3.8) is 0 Å². The standard InChI is InChI=1S/C25H19ClFN5O5S/c26-18-12-15(27)2-4-17(18)24-29-19-13-16(3-6-22(19)37-24)28-25(38)30-23(33)14-1-5-20(21(11-14)32(34)35)31-7-9-36-10-8-31/h1-6,11-13H,7-10H2,(H2,28,30,33,38). The Morgan fingerprint density at radius 2 is 1.92 bits per heavy atom. The van der Waals surface area contributed by atoms with Gasteiger partial charge < -0.3 is 19.4 Å². The molecule has 38 heavy (non-hydrogen) atoms. The number of nitrogens with zero attached hydrogens (tertiary/aromatic N) is 3. The SMILES string of the molecule is O=C(NC(=S)Nc1ccc2oc(-c3ccc(F)cc3Cl)nc2c1)c1ccc(N2CCOCC2)c([N+](=O)[O-])c1. The first kappa shape index (κ1) is 25.5. The van der Waals surface area contributed by atoms with Crippen molar-refractivity contribution < 1.29 is 23.3 Å². The molecule has 1 aliphatic rings. The summed E-state index contributed by atoms with van der Waals surface area (Å²) in [6, 6.07) is 13.2. The van der Waals surface area contributed by atoms with Crippen LogP contribution in [0.2, 0.25) is 5.02 Å². The Bertz CT molecular complexity index is 1570. The van der Waals surface area contributed by atoms with Gasteiger partial charge in [0.05, 0.1) is 28.7 Å². The quantitative estimate of drug-likeness (QED) is 0.195. The van der Waals surface area contributed by atoms with Gasteiger partial charge in [-0.15, -0.1) is 0 Å². The number of oxazole rings is 1. The lowest BCUT2D eigenvalue weighted by Crippen LogP contribution is -2.37. The van der Waals surface area contributed by atoms with Crippen LogP contribution in [0.4, 0.5) is 21.5 Å². The predicted molar refractivity (Wildman–Crippen MR) is 144 cm³/mol. The number of thiocarbonyl (C=S) groups is 1. The number of nitrogens with one attached hydrogen (secondary N) is 2. The Morgan fingerprint density at radius 3 is 2.66 bits per heavy atom. The molecule has 1 saturated heterocycles. The van der Waals surface area contributed by atoms with Crippen molar-refractivity contribution in [3.05, 3.63) is 81.1 Å². The minimum absolute atomic E-state index is 0.0143. The van der Waals surface area contributed by atoms with Crippen LogP contribution in [0.25, 0.3) is 22.6 Å². The van der Waals surface area contributed by atoms with Crippen molar-refractivity contribution in [1.82, 2.24) is 10.3 Å². The van der Waals surface area contributed by atoms with E-state index in [0.29, 0.717) is 54.3 Å². The first-order valence-corrected chi connectivity index (χ1v) is 12.2. The number of halogens is 2. The normalized spacial score (nSPS) is 13.4. The molecule has 2 heterocycles. The van der Waals surface area contributed by atoms with Gasteiger partial charge in [0.25, 0.3) is 11.6 Å². The minimum Gasteiger partial charge on any atom is -0.436 e. The predicted octanol–water partition coefficient (Wildman–Crippen LogP) is 5.16. The van der Waals surface area contributed by atoms with Crippen LogP contribution in [0, 0.1) is 15.9 Å². The molecule has 13 heteroatoms. The number of rotatable bonds is 5. The molecule has 3 aromatic carbocycles. The van der Waals surface area contributed by atoms with Gasteiger partial charge in [0.2, 0.25) is 5.89 Å². The Kier molecular flexibility index (Phi) is 7.18. The third-order valence-corrected chi connectivity index (χ3v) is 6.34. The average Bonchev–Trinajstić information content (AvgIpc) is 3.31. The summed E-state index contributed by atoms with van der Waals surface area (Å²) in [5.74, 6) is -0.852. The van der Waals surface area contributed by atoms with Crippen molar-refractivity contribution in [3.8, 4) is 11.5 Å². The maximum Gasteiger partial charge on any atom is 0.293 e. The Balaban J connectivity index is 1.29. The van der Waals surface area contributed by atoms with Gasteiger partial charge in [0.15, 0.2) is 10.7 Å². The average molecular weight is 556 g/mol. The Morgan fingerprint density at radius 1 is 1.13 bits per heavy atom. The summed E-state index contributed by atoms with van der Waals surface area (Å²) in [6.07, 6.45) is 0. The minimum atomic E-state index is -0.602. The molecule has 0 atom stereocenters. The number of morpholine rings is 1. The monoisotopic (exact) mass is 555 g/mol. The molecule has 5 rings (SSSR count). The van der Waals surface area contributed by atoms with E-state index in [2.05, 4.69) is 15.6 Å². The lowest BCUT2D eigenvalue weighted by Gasteiger charge is -2.28. The maximum absolute atomic E-state index is 13.4. The molecule has 1 aliphatic heterocycles. The molecule has 1 aromatic heterocycles. The summed E-state index contributed by atoms with van der Waals surface area (Å²) in [5.41, 5.74) is 2.24. The second-order valence-corrected chi connectivity index (χ2v) is 9.11. The number of nitro benzene ring substituents is 1. The first-order valence-electron chi connectivity index (χ1n) is 11.4. The van der Waals surface area contributed by atoms with Crippen LogP contribution in [-0.2, 0) is 4.74 Å². The van der Waals surface area contributed by atoms with Gasteiger partial charge in [0.1, 0.15) is 17.0 Å². The molecule has 0 saturated carbocycles. The van der Waals surface area contributed by atoms with E-state index in [1.54, 1.807) is 24.3 Å². The van der Waals surface area contributed by atoms with Crippen molar-refractivity contribution in [2.75, 3.05) is 36.5 Å². The summed E-state index contributed by atoms with van der Waals surface area (Å²) in [5, 5.41) is 17.2. The zero-order valence-corrected chi connectivity index (χ0v) is 21.1. The molecule has 0 bridgehead atoms. The third-order valence-electron chi connectivity index (χ3n) is 5.82. The molecule has 0 radical (unpaired) electrons. The molecule has 1 amide bonds. The summed E-state index contributed by atoms with van der Waals surface area (Å²) < 4.78 is 24.4. The molecule has 194 valence electrons. The van der Waals surface area contributed by atoms with E-state index in [4.69, 9.17) is 33.0 Å². The number of benzene rings is 3. The van der Waals surface area contributed by atoms with Crippen molar-refractivity contribution in [1.29, 1.82) is 0 Å². The fourth-order valence-electron chi connectivity index (χ4n) is 4.00. The molecular weight excluding hydrogens is 537 g/mol. The Hall–Kier alpha value is -4.13. The van der Waals surface area contributed by atoms with Crippen LogP contribution in [0.1, 0.15) is 10.4 Å². The number of ether oxygens (including phenoxy) is 1. The lowest BCUT2D eigenvalue weighted by molar-refractivity contribution is -0.384. The number of hydrogen-bond donors (Lipinski definition) is 2. The van der Waals surface area contributed by atoms with Gasteiger partial charge in [-0.25, -0.2) is 9.37 Å². The third kappa shape index (κ3) is 5.42. The number of anilines is 2. The molecule has 0 aliphatic carbocycles. The van der Waals surface area contributed by atoms with Gasteiger partial charge >= 0.3 is 0 Å². The Labute approximate surface area is 225 Å². The topological polar surface area (TPSA) is 123 Å². The van der Waals surface area contributed by atoms with Crippen LogP contribution in [0.15, 0.2) is 59.0 Å². The largest absolute Gasteiger partial charge is 0.436 e. The van der Waals surface area contributed by atoms with E-state index in [-0.39, 0.29) is 27.3 Å². The summed E-state index contributed by atoms with van der Waals surface area (Å²) in [6.45, 7) is 1.99. The summed E-state index contributed by atoms with van der Waals surface area (Å²) in [4.78, 5) is 30.2. The maximum atomic E-state index is 13.4. The fraction of sp³-hybridized carbons (Fsp3) is 0.160. The summed E-state index contributed by atoms with van der Waals surface area (Å²) >= 11 is 11.4. The second-order valence-electron chi connectivity index (χ2n) is 8.29. The van der Waals surface area contributed by atoms with Crippen LogP contribution in [-0.4, -0.2) is 47.2 Å². The molecule has 1 fully saturated rings. The van der Waals surface area contributed by atoms with E-state index in [0.717, 1.165) is 0 Å².